The van der Waals surface area contributed by atoms with Crippen molar-refractivity contribution >= 4 is 29.1 Å². The Balaban J connectivity index is 1.47. The highest BCUT2D eigenvalue weighted by Gasteiger charge is 2.51. The van der Waals surface area contributed by atoms with Crippen LogP contribution in [0.25, 0.3) is 0 Å². The number of H-pyrrole nitrogens is 1. The van der Waals surface area contributed by atoms with E-state index in [9.17, 15) is 14.0 Å². The molecule has 2 unspecified atom stereocenters. The second kappa shape index (κ2) is 11.7. The average molecular weight is 564 g/mol. The van der Waals surface area contributed by atoms with E-state index in [0.29, 0.717) is 35.5 Å². The van der Waals surface area contributed by atoms with Crippen molar-refractivity contribution < 1.29 is 14.0 Å². The van der Waals surface area contributed by atoms with Gasteiger partial charge < -0.3 is 10.2 Å². The van der Waals surface area contributed by atoms with Crippen LogP contribution >= 0.6 is 11.6 Å². The van der Waals surface area contributed by atoms with E-state index in [2.05, 4.69) is 51.9 Å². The van der Waals surface area contributed by atoms with Gasteiger partial charge in [0.1, 0.15) is 17.2 Å². The molecule has 2 aliphatic rings. The van der Waals surface area contributed by atoms with Gasteiger partial charge in [0.15, 0.2) is 5.82 Å². The van der Waals surface area contributed by atoms with Crippen molar-refractivity contribution in [1.82, 2.24) is 30.8 Å². The molecule has 3 atom stereocenters. The van der Waals surface area contributed by atoms with Gasteiger partial charge in [0, 0.05) is 17.5 Å². The number of nitrogens with one attached hydrogen (secondary N) is 2. The molecule has 1 aromatic heterocycles. The van der Waals surface area contributed by atoms with Crippen LogP contribution in [0.3, 0.4) is 0 Å². The van der Waals surface area contributed by atoms with Crippen molar-refractivity contribution in [2.45, 2.75) is 64.2 Å². The van der Waals surface area contributed by atoms with Gasteiger partial charge in [-0.15, -0.1) is 10.2 Å². The van der Waals surface area contributed by atoms with E-state index in [1.54, 1.807) is 18.2 Å². The van der Waals surface area contributed by atoms with Crippen LogP contribution < -0.4 is 5.32 Å². The first-order chi connectivity index (χ1) is 19.3. The Labute approximate surface area is 236 Å². The van der Waals surface area contributed by atoms with Gasteiger partial charge in [-0.05, 0) is 54.7 Å². The number of allylic oxidation sites excluding steroid dienone is 1. The number of carbonyl (C=O) groups is 2. The summed E-state index contributed by atoms with van der Waals surface area (Å²) >= 11 is 6.09. The van der Waals surface area contributed by atoms with E-state index in [-0.39, 0.29) is 35.3 Å². The van der Waals surface area contributed by atoms with E-state index in [4.69, 9.17) is 16.6 Å². The molecule has 208 valence electrons. The van der Waals surface area contributed by atoms with Gasteiger partial charge in [-0.3, -0.25) is 14.6 Å². The molecule has 1 aliphatic heterocycles. The predicted octanol–water partition coefficient (Wildman–Crippen LogP) is 5.17. The van der Waals surface area contributed by atoms with E-state index in [1.165, 1.54) is 12.1 Å². The maximum Gasteiger partial charge on any atom is 0.275 e. The third-order valence-electron chi connectivity index (χ3n) is 7.44. The Morgan fingerprint density at radius 2 is 2.08 bits per heavy atom. The normalized spacial score (nSPS) is 21.1. The third kappa shape index (κ3) is 5.54. The molecule has 11 heteroatoms. The molecule has 40 heavy (non-hydrogen) atoms. The number of hydrogen-bond donors (Lipinski definition) is 2. The number of halogens is 2. The average Bonchev–Trinajstić information content (AvgIpc) is 3.56. The fraction of sp³-hybridized carbons (Fsp3) is 0.379. The summed E-state index contributed by atoms with van der Waals surface area (Å²) in [5.41, 5.74) is 1.44. The number of benzene rings is 2. The summed E-state index contributed by atoms with van der Waals surface area (Å²) in [6.07, 6.45) is 8.10. The standard InChI is InChI=1S/C29H31ClFN7O2/c1-3-4-7-24(19-8-10-20(11-9-19)27(39)32-17-25-34-36-37-35-25)38-28(40)26(21-12-13-23(31)22(30)15-21)33-29(38)14-5-6-18(2)16-29/h5-6,8-13,15,18,24H,3-4,7,14,16-17H2,1-2H3,(H,32,39)(H,34,35,36,37)/t18?,24-,29?/m1/s1. The SMILES string of the molecule is CCCC[C@H](c1ccc(C(=O)NCc2nn[nH]n2)cc1)N1C(=O)C(c2ccc(F)c(Cl)c2)=NC12CC=CC(C)C2. The number of aliphatic imine (C=N–C) groups is 1. The Kier molecular flexibility index (Phi) is 8.07. The van der Waals surface area contributed by atoms with Gasteiger partial charge in [-0.2, -0.15) is 5.21 Å². The highest BCUT2D eigenvalue weighted by Crippen LogP contribution is 2.45. The topological polar surface area (TPSA) is 116 Å². The molecule has 2 heterocycles. The van der Waals surface area contributed by atoms with E-state index in [1.807, 2.05) is 17.0 Å². The number of aromatic amines is 1. The van der Waals surface area contributed by atoms with Crippen molar-refractivity contribution in [3.63, 3.8) is 0 Å². The third-order valence-corrected chi connectivity index (χ3v) is 7.73. The van der Waals surface area contributed by atoms with E-state index < -0.39 is 11.5 Å². The van der Waals surface area contributed by atoms with Crippen LogP contribution in [0.2, 0.25) is 5.02 Å². The maximum atomic E-state index is 14.2. The van der Waals surface area contributed by atoms with Crippen LogP contribution in [0.15, 0.2) is 59.6 Å². The Morgan fingerprint density at radius 3 is 2.75 bits per heavy atom. The zero-order valence-electron chi connectivity index (χ0n) is 22.4. The van der Waals surface area contributed by atoms with Crippen molar-refractivity contribution in [2.75, 3.05) is 0 Å². The van der Waals surface area contributed by atoms with Crippen molar-refractivity contribution in [3.05, 3.63) is 88.0 Å². The lowest BCUT2D eigenvalue weighted by molar-refractivity contribution is -0.132. The van der Waals surface area contributed by atoms with Gasteiger partial charge in [0.25, 0.3) is 11.8 Å². The van der Waals surface area contributed by atoms with Crippen LogP contribution in [-0.4, -0.2) is 48.7 Å². The number of nitrogens with zero attached hydrogens (tertiary/aromatic N) is 5. The molecular weight excluding hydrogens is 533 g/mol. The molecule has 0 saturated carbocycles. The number of amides is 2. The predicted molar refractivity (Wildman–Crippen MR) is 149 cm³/mol. The molecule has 1 spiro atoms. The van der Waals surface area contributed by atoms with Crippen LogP contribution in [0.5, 0.6) is 0 Å². The molecule has 5 rings (SSSR count). The molecule has 2 aromatic carbocycles. The van der Waals surface area contributed by atoms with E-state index in [0.717, 1.165) is 24.8 Å². The Bertz CT molecular complexity index is 1440. The molecule has 0 radical (unpaired) electrons. The summed E-state index contributed by atoms with van der Waals surface area (Å²) in [7, 11) is 0. The number of aromatic nitrogens is 4. The molecule has 0 bridgehead atoms. The number of hydrogen-bond acceptors (Lipinski definition) is 6. The van der Waals surface area contributed by atoms with Gasteiger partial charge in [0.2, 0.25) is 0 Å². The summed E-state index contributed by atoms with van der Waals surface area (Å²) in [4.78, 5) is 33.9. The quantitative estimate of drug-likeness (QED) is 0.349. The van der Waals surface area contributed by atoms with Crippen molar-refractivity contribution in [2.24, 2.45) is 10.9 Å². The minimum absolute atomic E-state index is 0.0480. The molecule has 0 fully saturated rings. The minimum Gasteiger partial charge on any atom is -0.345 e. The summed E-state index contributed by atoms with van der Waals surface area (Å²) in [6.45, 7) is 4.38. The van der Waals surface area contributed by atoms with Crippen molar-refractivity contribution in [1.29, 1.82) is 0 Å². The maximum absolute atomic E-state index is 14.2. The molecule has 9 nitrogen and oxygen atoms in total. The first-order valence-corrected chi connectivity index (χ1v) is 13.8. The largest absolute Gasteiger partial charge is 0.345 e. The smallest absolute Gasteiger partial charge is 0.275 e. The molecule has 3 aromatic rings. The van der Waals surface area contributed by atoms with Crippen LogP contribution in [-0.2, 0) is 11.3 Å². The number of carbonyl (C=O) groups excluding carboxylic acids is 2. The number of rotatable bonds is 9. The Morgan fingerprint density at radius 1 is 1.27 bits per heavy atom. The summed E-state index contributed by atoms with van der Waals surface area (Å²) < 4.78 is 13.9. The van der Waals surface area contributed by atoms with Crippen LogP contribution in [0, 0.1) is 11.7 Å². The highest BCUT2D eigenvalue weighted by molar-refractivity contribution is 6.47. The monoisotopic (exact) mass is 563 g/mol. The molecule has 2 N–H and O–H groups in total. The van der Waals surface area contributed by atoms with Crippen LogP contribution in [0.4, 0.5) is 4.39 Å². The van der Waals surface area contributed by atoms with Gasteiger partial charge >= 0.3 is 0 Å². The molecular formula is C29H31ClFN7O2. The summed E-state index contributed by atoms with van der Waals surface area (Å²) in [5.74, 6) is -0.398. The first-order valence-electron chi connectivity index (χ1n) is 13.5. The zero-order valence-corrected chi connectivity index (χ0v) is 23.2. The molecule has 1 aliphatic carbocycles. The first kappa shape index (κ1) is 27.6. The summed E-state index contributed by atoms with van der Waals surface area (Å²) in [6, 6.07) is 11.4. The fourth-order valence-corrected chi connectivity index (χ4v) is 5.72. The fourth-order valence-electron chi connectivity index (χ4n) is 5.54. The zero-order chi connectivity index (χ0) is 28.3. The lowest BCUT2D eigenvalue weighted by atomic mass is 9.84. The lowest BCUT2D eigenvalue weighted by Gasteiger charge is -2.44. The lowest BCUT2D eigenvalue weighted by Crippen LogP contribution is -2.50. The Hall–Kier alpha value is -3.92. The highest BCUT2D eigenvalue weighted by atomic mass is 35.5. The molecule has 0 saturated heterocycles. The number of tetrazole rings is 1. The number of unbranched alkanes of at least 4 members (excludes halogenated alkanes) is 1. The van der Waals surface area contributed by atoms with Crippen molar-refractivity contribution in [3.8, 4) is 0 Å². The van der Waals surface area contributed by atoms with Gasteiger partial charge in [0.05, 0.1) is 17.6 Å². The second-order valence-electron chi connectivity index (χ2n) is 10.4. The molecule has 2 amide bonds. The van der Waals surface area contributed by atoms with Gasteiger partial charge in [-0.1, -0.05) is 67.8 Å². The summed E-state index contributed by atoms with van der Waals surface area (Å²) in [5, 5.41) is 16.3. The van der Waals surface area contributed by atoms with Gasteiger partial charge in [-0.25, -0.2) is 4.39 Å². The van der Waals surface area contributed by atoms with Crippen LogP contribution in [0.1, 0.15) is 79.3 Å². The minimum atomic E-state index is -0.763. The van der Waals surface area contributed by atoms with E-state index >= 15 is 0 Å². The second-order valence-corrected chi connectivity index (χ2v) is 10.8.